The van der Waals surface area contributed by atoms with Crippen molar-refractivity contribution >= 4 is 39.8 Å². The molecule has 6 nitrogen and oxygen atoms in total. The maximum atomic E-state index is 12.4. The van der Waals surface area contributed by atoms with Gasteiger partial charge < -0.3 is 15.0 Å². The molecule has 152 valence electrons. The molecule has 0 bridgehead atoms. The maximum Gasteiger partial charge on any atom is 0.387 e. The van der Waals surface area contributed by atoms with Gasteiger partial charge in [-0.2, -0.15) is 8.78 Å². The summed E-state index contributed by atoms with van der Waals surface area (Å²) in [7, 11) is 1.69. The van der Waals surface area contributed by atoms with Crippen molar-refractivity contribution in [1.82, 2.24) is 15.1 Å². The van der Waals surface area contributed by atoms with Crippen molar-refractivity contribution in [2.45, 2.75) is 17.5 Å². The van der Waals surface area contributed by atoms with Gasteiger partial charge in [0.05, 0.1) is 5.75 Å². The van der Waals surface area contributed by atoms with Crippen molar-refractivity contribution in [3.05, 3.63) is 60.2 Å². The van der Waals surface area contributed by atoms with Gasteiger partial charge in [0.2, 0.25) is 11.0 Å². The summed E-state index contributed by atoms with van der Waals surface area (Å²) in [6, 6.07) is 15.9. The molecule has 0 fully saturated rings. The molecule has 0 aliphatic carbocycles. The molecule has 0 unspecified atom stereocenters. The van der Waals surface area contributed by atoms with E-state index in [9.17, 15) is 13.6 Å². The molecule has 1 N–H and O–H groups in total. The number of nitrogens with one attached hydrogen (secondary N) is 1. The number of amides is 1. The standard InChI is InChI=1S/C19H18F2N4O2S2/c1-25(11-13-7-9-15(10-8-13)27-17(20)21)16(26)12-28-19-24-23-18(29-19)22-14-5-3-2-4-6-14/h2-10,17H,11-12H2,1H3,(H,22,23). The highest BCUT2D eigenvalue weighted by Gasteiger charge is 2.13. The van der Waals surface area contributed by atoms with E-state index < -0.39 is 6.61 Å². The molecule has 0 atom stereocenters. The number of halogens is 2. The van der Waals surface area contributed by atoms with E-state index in [1.165, 1.54) is 35.2 Å². The Labute approximate surface area is 174 Å². The molecule has 0 aliphatic heterocycles. The van der Waals surface area contributed by atoms with Crippen LogP contribution in [0, 0.1) is 0 Å². The topological polar surface area (TPSA) is 67.3 Å². The number of rotatable bonds is 9. The molecule has 0 spiro atoms. The monoisotopic (exact) mass is 436 g/mol. The fourth-order valence-electron chi connectivity index (χ4n) is 2.34. The lowest BCUT2D eigenvalue weighted by Gasteiger charge is -2.17. The Kier molecular flexibility index (Phi) is 7.36. The van der Waals surface area contributed by atoms with Crippen molar-refractivity contribution in [3.8, 4) is 5.75 Å². The molecular weight excluding hydrogens is 418 g/mol. The zero-order valence-electron chi connectivity index (χ0n) is 15.4. The van der Waals surface area contributed by atoms with Gasteiger partial charge in [0.15, 0.2) is 4.34 Å². The second kappa shape index (κ2) is 10.2. The van der Waals surface area contributed by atoms with Gasteiger partial charge in [0, 0.05) is 19.3 Å². The smallest absolute Gasteiger partial charge is 0.387 e. The van der Waals surface area contributed by atoms with Crippen molar-refractivity contribution < 1.29 is 18.3 Å². The van der Waals surface area contributed by atoms with Gasteiger partial charge in [-0.1, -0.05) is 53.4 Å². The molecule has 10 heteroatoms. The predicted octanol–water partition coefficient (Wildman–Crippen LogP) is 4.63. The molecule has 29 heavy (non-hydrogen) atoms. The van der Waals surface area contributed by atoms with Crippen LogP contribution < -0.4 is 10.1 Å². The minimum Gasteiger partial charge on any atom is -0.435 e. The number of thioether (sulfide) groups is 1. The Morgan fingerprint density at radius 2 is 1.90 bits per heavy atom. The summed E-state index contributed by atoms with van der Waals surface area (Å²) in [5.41, 5.74) is 1.73. The van der Waals surface area contributed by atoms with Crippen molar-refractivity contribution in [1.29, 1.82) is 0 Å². The number of benzene rings is 2. The molecule has 1 heterocycles. The van der Waals surface area contributed by atoms with E-state index in [4.69, 9.17) is 0 Å². The highest BCUT2D eigenvalue weighted by molar-refractivity contribution is 8.01. The van der Waals surface area contributed by atoms with E-state index in [1.807, 2.05) is 30.3 Å². The number of para-hydroxylation sites is 1. The Morgan fingerprint density at radius 1 is 1.17 bits per heavy atom. The third-order valence-corrected chi connectivity index (χ3v) is 5.70. The minimum absolute atomic E-state index is 0.0734. The predicted molar refractivity (Wildman–Crippen MR) is 110 cm³/mol. The normalized spacial score (nSPS) is 10.8. The number of ether oxygens (including phenoxy) is 1. The highest BCUT2D eigenvalue weighted by Crippen LogP contribution is 2.27. The van der Waals surface area contributed by atoms with Gasteiger partial charge in [-0.05, 0) is 29.8 Å². The molecule has 3 aromatic rings. The zero-order valence-corrected chi connectivity index (χ0v) is 17.1. The Hall–Kier alpha value is -2.72. The Morgan fingerprint density at radius 3 is 2.59 bits per heavy atom. The van der Waals surface area contributed by atoms with E-state index >= 15 is 0 Å². The van der Waals surface area contributed by atoms with Crippen LogP contribution in [0.3, 0.4) is 0 Å². The van der Waals surface area contributed by atoms with E-state index in [2.05, 4.69) is 20.3 Å². The zero-order chi connectivity index (χ0) is 20.6. The highest BCUT2D eigenvalue weighted by atomic mass is 32.2. The molecule has 3 rings (SSSR count). The van der Waals surface area contributed by atoms with Crippen molar-refractivity contribution in [3.63, 3.8) is 0 Å². The third kappa shape index (κ3) is 6.68. The fourth-order valence-corrected chi connectivity index (χ4v) is 4.05. The van der Waals surface area contributed by atoms with Crippen LogP contribution in [-0.2, 0) is 11.3 Å². The average molecular weight is 437 g/mol. The molecule has 2 aromatic carbocycles. The lowest BCUT2D eigenvalue weighted by molar-refractivity contribution is -0.127. The summed E-state index contributed by atoms with van der Waals surface area (Å²) in [4.78, 5) is 13.9. The number of carbonyl (C=O) groups is 1. The van der Waals surface area contributed by atoms with Crippen LogP contribution >= 0.6 is 23.1 Å². The van der Waals surface area contributed by atoms with Gasteiger partial charge in [0.1, 0.15) is 5.75 Å². The van der Waals surface area contributed by atoms with Crippen LogP contribution in [0.25, 0.3) is 0 Å². The molecule has 1 aromatic heterocycles. The van der Waals surface area contributed by atoms with Crippen LogP contribution in [0.1, 0.15) is 5.56 Å². The SMILES string of the molecule is CN(Cc1ccc(OC(F)F)cc1)C(=O)CSc1nnc(Nc2ccccc2)s1. The first kappa shape index (κ1) is 21.0. The van der Waals surface area contributed by atoms with E-state index in [0.29, 0.717) is 16.0 Å². The lowest BCUT2D eigenvalue weighted by atomic mass is 10.2. The molecule has 0 aliphatic rings. The number of carbonyl (C=O) groups excluding carboxylic acids is 1. The van der Waals surface area contributed by atoms with E-state index in [-0.39, 0.29) is 17.4 Å². The number of anilines is 2. The fraction of sp³-hybridized carbons (Fsp3) is 0.211. The summed E-state index contributed by atoms with van der Waals surface area (Å²) >= 11 is 2.69. The Bertz CT molecular complexity index is 923. The van der Waals surface area contributed by atoms with Gasteiger partial charge >= 0.3 is 6.61 Å². The molecule has 0 radical (unpaired) electrons. The third-order valence-electron chi connectivity index (χ3n) is 3.74. The second-order valence-electron chi connectivity index (χ2n) is 5.93. The summed E-state index contributed by atoms with van der Waals surface area (Å²) < 4.78 is 29.4. The largest absolute Gasteiger partial charge is 0.435 e. The first-order valence-electron chi connectivity index (χ1n) is 8.55. The van der Waals surface area contributed by atoms with Gasteiger partial charge in [0.25, 0.3) is 0 Å². The van der Waals surface area contributed by atoms with Crippen molar-refractivity contribution in [2.24, 2.45) is 0 Å². The maximum absolute atomic E-state index is 12.4. The number of alkyl halides is 2. The molecule has 0 saturated carbocycles. The van der Waals surface area contributed by atoms with Gasteiger partial charge in [-0.3, -0.25) is 4.79 Å². The van der Waals surface area contributed by atoms with E-state index in [1.54, 1.807) is 24.1 Å². The first-order valence-corrected chi connectivity index (χ1v) is 10.4. The summed E-state index contributed by atoms with van der Waals surface area (Å²) in [6.45, 7) is -2.49. The summed E-state index contributed by atoms with van der Waals surface area (Å²) in [5, 5.41) is 12.0. The van der Waals surface area contributed by atoms with Gasteiger partial charge in [-0.25, -0.2) is 0 Å². The second-order valence-corrected chi connectivity index (χ2v) is 8.13. The molecular formula is C19H18F2N4O2S2. The van der Waals surface area contributed by atoms with E-state index in [0.717, 1.165) is 11.3 Å². The van der Waals surface area contributed by atoms with Crippen LogP contribution in [0.4, 0.5) is 19.6 Å². The number of hydrogen-bond acceptors (Lipinski definition) is 7. The van der Waals surface area contributed by atoms with Crippen LogP contribution in [0.15, 0.2) is 58.9 Å². The van der Waals surface area contributed by atoms with Crippen LogP contribution in [0.5, 0.6) is 5.75 Å². The minimum atomic E-state index is -2.86. The molecule has 1 amide bonds. The number of aromatic nitrogens is 2. The van der Waals surface area contributed by atoms with Gasteiger partial charge in [-0.15, -0.1) is 10.2 Å². The quantitative estimate of drug-likeness (QED) is 0.493. The van der Waals surface area contributed by atoms with Crippen LogP contribution in [-0.4, -0.2) is 40.4 Å². The summed E-state index contributed by atoms with van der Waals surface area (Å²) in [6.07, 6.45) is 0. The van der Waals surface area contributed by atoms with Crippen LogP contribution in [0.2, 0.25) is 0 Å². The lowest BCUT2D eigenvalue weighted by Crippen LogP contribution is -2.27. The molecule has 0 saturated heterocycles. The average Bonchev–Trinajstić information content (AvgIpc) is 3.15. The number of nitrogens with zero attached hydrogens (tertiary/aromatic N) is 3. The first-order chi connectivity index (χ1) is 14.0. The summed E-state index contributed by atoms with van der Waals surface area (Å²) in [5.74, 6) is 0.239. The van der Waals surface area contributed by atoms with Crippen molar-refractivity contribution in [2.75, 3.05) is 18.1 Å². The Balaban J connectivity index is 1.46. The number of hydrogen-bond donors (Lipinski definition) is 1.